The first-order chi connectivity index (χ1) is 7.92. The van der Waals surface area contributed by atoms with E-state index in [1.807, 2.05) is 0 Å². The van der Waals surface area contributed by atoms with Crippen molar-refractivity contribution in [2.45, 2.75) is 17.9 Å². The number of methoxy groups -OCH3 is 1. The van der Waals surface area contributed by atoms with Crippen LogP contribution in [-0.4, -0.2) is 30.8 Å². The number of carbonyl (C=O) groups excluding carboxylic acids is 1. The molecule has 1 fully saturated rings. The molecule has 0 spiro atoms. The highest BCUT2D eigenvalue weighted by Gasteiger charge is 2.74. The molecule has 0 aromatic heterocycles. The summed E-state index contributed by atoms with van der Waals surface area (Å²) in [7, 11) is 0.929. The number of carbonyl (C=O) groups is 1. The number of alkyl halides is 3. The number of hydrogen-bond donors (Lipinski definition) is 1. The van der Waals surface area contributed by atoms with Crippen molar-refractivity contribution < 1.29 is 22.7 Å². The highest BCUT2D eigenvalue weighted by molar-refractivity contribution is 6.03. The molecule has 92 valence electrons. The molecule has 2 unspecified atom stereocenters. The molecule has 1 aliphatic rings. The normalized spacial score (nSPS) is 27.9. The van der Waals surface area contributed by atoms with Gasteiger partial charge in [0.25, 0.3) is 0 Å². The Bertz CT molecular complexity index is 432. The molecule has 1 aliphatic heterocycles. The van der Waals surface area contributed by atoms with Crippen LogP contribution in [0.1, 0.15) is 10.4 Å². The second-order valence-corrected chi connectivity index (χ2v) is 3.75. The third kappa shape index (κ3) is 1.83. The van der Waals surface area contributed by atoms with Gasteiger partial charge in [-0.1, -0.05) is 30.3 Å². The Morgan fingerprint density at radius 2 is 1.94 bits per heavy atom. The van der Waals surface area contributed by atoms with E-state index in [1.165, 1.54) is 12.1 Å². The molecule has 6 heteroatoms. The van der Waals surface area contributed by atoms with Crippen LogP contribution in [-0.2, 0) is 4.74 Å². The Balaban J connectivity index is 2.21. The largest absolute Gasteiger partial charge is 0.433 e. The van der Waals surface area contributed by atoms with E-state index in [0.717, 1.165) is 7.11 Å². The predicted octanol–water partition coefficient (Wildman–Crippen LogP) is 1.75. The first kappa shape index (κ1) is 12.1. The smallest absolute Gasteiger partial charge is 0.354 e. The number of hydrogen-bond acceptors (Lipinski definition) is 3. The van der Waals surface area contributed by atoms with E-state index in [2.05, 4.69) is 10.1 Å². The first-order valence-corrected chi connectivity index (χ1v) is 4.91. The van der Waals surface area contributed by atoms with Gasteiger partial charge in [-0.2, -0.15) is 13.2 Å². The minimum atomic E-state index is -4.61. The van der Waals surface area contributed by atoms with Crippen LogP contribution in [0.5, 0.6) is 0 Å². The summed E-state index contributed by atoms with van der Waals surface area (Å²) in [4.78, 5) is 11.8. The predicted molar refractivity (Wildman–Crippen MR) is 53.5 cm³/mol. The lowest BCUT2D eigenvalue weighted by molar-refractivity contribution is -0.231. The Morgan fingerprint density at radius 1 is 1.35 bits per heavy atom. The average molecular weight is 245 g/mol. The molecular weight excluding hydrogens is 235 g/mol. The zero-order chi connectivity index (χ0) is 12.7. The second kappa shape index (κ2) is 3.82. The lowest BCUT2D eigenvalue weighted by Crippen LogP contribution is -2.40. The minimum absolute atomic E-state index is 0.230. The molecule has 3 nitrogen and oxygen atoms in total. The van der Waals surface area contributed by atoms with Crippen molar-refractivity contribution in [2.24, 2.45) is 0 Å². The highest BCUT2D eigenvalue weighted by Crippen LogP contribution is 2.44. The van der Waals surface area contributed by atoms with Gasteiger partial charge < -0.3 is 4.74 Å². The second-order valence-electron chi connectivity index (χ2n) is 3.75. The Kier molecular flexibility index (Phi) is 2.71. The van der Waals surface area contributed by atoms with Crippen LogP contribution in [0.4, 0.5) is 13.2 Å². The molecule has 0 radical (unpaired) electrons. The fourth-order valence-electron chi connectivity index (χ4n) is 1.73. The third-order valence-electron chi connectivity index (χ3n) is 2.75. The lowest BCUT2D eigenvalue weighted by atomic mass is 10.1. The van der Waals surface area contributed by atoms with Crippen molar-refractivity contribution in [3.05, 3.63) is 35.9 Å². The molecule has 0 saturated carbocycles. The van der Waals surface area contributed by atoms with E-state index >= 15 is 0 Å². The average Bonchev–Trinajstić information content (AvgIpc) is 3.04. The van der Waals surface area contributed by atoms with Gasteiger partial charge in [0.05, 0.1) is 0 Å². The van der Waals surface area contributed by atoms with Crippen LogP contribution in [0.3, 0.4) is 0 Å². The first-order valence-electron chi connectivity index (χ1n) is 4.91. The van der Waals surface area contributed by atoms with Crippen molar-refractivity contribution in [1.82, 2.24) is 5.32 Å². The summed E-state index contributed by atoms with van der Waals surface area (Å²) < 4.78 is 42.5. The van der Waals surface area contributed by atoms with Crippen molar-refractivity contribution in [2.75, 3.05) is 7.11 Å². The van der Waals surface area contributed by atoms with E-state index in [0.29, 0.717) is 0 Å². The lowest BCUT2D eigenvalue weighted by Gasteiger charge is -2.16. The monoisotopic (exact) mass is 245 g/mol. The van der Waals surface area contributed by atoms with E-state index in [4.69, 9.17) is 0 Å². The number of nitrogens with one attached hydrogen (secondary N) is 1. The third-order valence-corrected chi connectivity index (χ3v) is 2.75. The van der Waals surface area contributed by atoms with E-state index in [9.17, 15) is 18.0 Å². The zero-order valence-electron chi connectivity index (χ0n) is 8.91. The topological polar surface area (TPSA) is 48.2 Å². The number of benzene rings is 1. The molecule has 1 saturated heterocycles. The standard InChI is InChI=1S/C11H10F3NO2/c1-17-10(11(12,13)14)9(15-10)8(16)7-5-3-2-4-6-7/h2-6,9,15H,1H3. The van der Waals surface area contributed by atoms with Gasteiger partial charge in [0.2, 0.25) is 5.72 Å². The molecule has 2 rings (SSSR count). The molecule has 1 aromatic carbocycles. The maximum atomic E-state index is 12.7. The fraction of sp³-hybridized carbons (Fsp3) is 0.364. The van der Waals surface area contributed by atoms with Gasteiger partial charge in [-0.3, -0.25) is 10.1 Å². The van der Waals surface area contributed by atoms with Gasteiger partial charge in [0, 0.05) is 12.7 Å². The molecule has 17 heavy (non-hydrogen) atoms. The van der Waals surface area contributed by atoms with Crippen molar-refractivity contribution in [3.8, 4) is 0 Å². The van der Waals surface area contributed by atoms with E-state index in [-0.39, 0.29) is 5.56 Å². The quantitative estimate of drug-likeness (QED) is 0.652. The molecule has 1 N–H and O–H groups in total. The maximum Gasteiger partial charge on any atom is 0.433 e. The molecule has 1 aromatic rings. The summed E-state index contributed by atoms with van der Waals surface area (Å²) in [6, 6.07) is 6.45. The Morgan fingerprint density at radius 3 is 2.35 bits per heavy atom. The summed E-state index contributed by atoms with van der Waals surface area (Å²) in [6.07, 6.45) is -4.61. The Hall–Kier alpha value is -1.40. The summed E-state index contributed by atoms with van der Waals surface area (Å²) in [5.74, 6) is -0.621. The van der Waals surface area contributed by atoms with Gasteiger partial charge in [-0.05, 0) is 0 Å². The van der Waals surface area contributed by atoms with Crippen LogP contribution >= 0.6 is 0 Å². The highest BCUT2D eigenvalue weighted by atomic mass is 19.4. The van der Waals surface area contributed by atoms with Crippen LogP contribution in [0.25, 0.3) is 0 Å². The number of ether oxygens (including phenoxy) is 1. The van der Waals surface area contributed by atoms with Crippen LogP contribution < -0.4 is 5.32 Å². The maximum absolute atomic E-state index is 12.7. The minimum Gasteiger partial charge on any atom is -0.354 e. The van der Waals surface area contributed by atoms with Crippen LogP contribution in [0.2, 0.25) is 0 Å². The van der Waals surface area contributed by atoms with Gasteiger partial charge in [-0.15, -0.1) is 0 Å². The van der Waals surface area contributed by atoms with Gasteiger partial charge in [0.15, 0.2) is 5.78 Å². The molecule has 0 amide bonds. The summed E-state index contributed by atoms with van der Waals surface area (Å²) in [5.41, 5.74) is -2.30. The van der Waals surface area contributed by atoms with Crippen LogP contribution in [0, 0.1) is 0 Å². The summed E-state index contributed by atoms with van der Waals surface area (Å²) in [5, 5.41) is 2.07. The van der Waals surface area contributed by atoms with E-state index in [1.54, 1.807) is 18.2 Å². The number of Topliss-reactive ketones (excluding diaryl/α,β-unsaturated/α-hetero) is 1. The molecule has 0 aliphatic carbocycles. The molecule has 2 atom stereocenters. The zero-order valence-corrected chi connectivity index (χ0v) is 8.91. The van der Waals surface area contributed by atoms with Gasteiger partial charge in [-0.25, -0.2) is 0 Å². The molecule has 1 heterocycles. The van der Waals surface area contributed by atoms with E-state index < -0.39 is 23.7 Å². The fourth-order valence-corrected chi connectivity index (χ4v) is 1.73. The SMILES string of the molecule is COC1(C(F)(F)F)NC1C(=O)c1ccccc1. The molecular formula is C11H10F3NO2. The number of ketones is 1. The van der Waals surface area contributed by atoms with Crippen LogP contribution in [0.15, 0.2) is 30.3 Å². The van der Waals surface area contributed by atoms with Crippen molar-refractivity contribution in [1.29, 1.82) is 0 Å². The summed E-state index contributed by atoms with van der Waals surface area (Å²) in [6.45, 7) is 0. The van der Waals surface area contributed by atoms with Crippen molar-refractivity contribution in [3.63, 3.8) is 0 Å². The van der Waals surface area contributed by atoms with Gasteiger partial charge >= 0.3 is 6.18 Å². The number of rotatable bonds is 3. The summed E-state index contributed by atoms with van der Waals surface area (Å²) >= 11 is 0. The Labute approximate surface area is 95.6 Å². The number of halogens is 3. The molecule has 0 bridgehead atoms. The van der Waals surface area contributed by atoms with Crippen molar-refractivity contribution >= 4 is 5.78 Å². The van der Waals surface area contributed by atoms with Gasteiger partial charge in [0.1, 0.15) is 6.04 Å².